The van der Waals surface area contributed by atoms with E-state index in [4.69, 9.17) is 14.3 Å². The number of piperidine rings is 1. The average molecular weight is 386 g/mol. The molecule has 0 aromatic heterocycles. The van der Waals surface area contributed by atoms with Crippen LogP contribution in [-0.2, 0) is 4.79 Å². The highest BCUT2D eigenvalue weighted by Crippen LogP contribution is 2.17. The molecule has 2 N–H and O–H groups in total. The molecule has 1 fully saturated rings. The molecule has 1 aromatic carbocycles. The number of halogens is 2. The van der Waals surface area contributed by atoms with Crippen molar-refractivity contribution in [1.29, 1.82) is 0 Å². The van der Waals surface area contributed by atoms with Gasteiger partial charge in [0.25, 0.3) is 5.91 Å². The average Bonchev–Trinajstić information content (AvgIpc) is 2.57. The number of benzene rings is 1. The van der Waals surface area contributed by atoms with E-state index in [9.17, 15) is 14.0 Å². The molecule has 144 valence electrons. The number of rotatable bonds is 5. The summed E-state index contributed by atoms with van der Waals surface area (Å²) in [6.07, 6.45) is 1.29. The van der Waals surface area contributed by atoms with Gasteiger partial charge in [0.05, 0.1) is 9.24 Å². The van der Waals surface area contributed by atoms with E-state index in [-0.39, 0.29) is 16.5 Å². The van der Waals surface area contributed by atoms with Gasteiger partial charge in [-0.1, -0.05) is 11.6 Å². The molecule has 2 rings (SSSR count). The Hall–Kier alpha value is -1.66. The van der Waals surface area contributed by atoms with Gasteiger partial charge in [0.1, 0.15) is 5.82 Å². The van der Waals surface area contributed by atoms with E-state index in [0.29, 0.717) is 32.5 Å². The van der Waals surface area contributed by atoms with E-state index in [2.05, 4.69) is 10.6 Å². The fourth-order valence-electron chi connectivity index (χ4n) is 2.79. The van der Waals surface area contributed by atoms with Crippen LogP contribution < -0.4 is 10.6 Å². The summed E-state index contributed by atoms with van der Waals surface area (Å²) in [5, 5.41) is 5.62. The predicted molar refractivity (Wildman–Crippen MR) is 101 cm³/mol. The number of amides is 2. The van der Waals surface area contributed by atoms with Crippen molar-refractivity contribution < 1.29 is 16.7 Å². The van der Waals surface area contributed by atoms with E-state index in [1.807, 2.05) is 20.8 Å². The first-order valence-corrected chi connectivity index (χ1v) is 9.08. The Balaban J connectivity index is 1.85. The first kappa shape index (κ1) is 17.7. The first-order valence-electron chi connectivity index (χ1n) is 9.70. The Labute approximate surface area is 162 Å². The topological polar surface area (TPSA) is 61.4 Å². The highest BCUT2D eigenvalue weighted by atomic mass is 35.5. The van der Waals surface area contributed by atoms with Crippen LogP contribution in [0.15, 0.2) is 18.2 Å². The molecule has 1 aliphatic rings. The Morgan fingerprint density at radius 2 is 1.96 bits per heavy atom. The van der Waals surface area contributed by atoms with Crippen molar-refractivity contribution in [2.75, 3.05) is 26.1 Å². The second-order valence-corrected chi connectivity index (χ2v) is 8.05. The van der Waals surface area contributed by atoms with Crippen LogP contribution in [0.4, 0.5) is 4.39 Å². The molecular weight excluding hydrogens is 357 g/mol. The summed E-state index contributed by atoms with van der Waals surface area (Å²) in [5.74, 6) is -1.45. The third-order valence-electron chi connectivity index (χ3n) is 4.04. The zero-order valence-electron chi connectivity index (χ0n) is 17.4. The maximum atomic E-state index is 13.4. The van der Waals surface area contributed by atoms with Gasteiger partial charge < -0.3 is 10.6 Å². The minimum atomic E-state index is -2.08. The molecule has 0 saturated carbocycles. The molecule has 2 amide bonds. The Morgan fingerprint density at radius 3 is 2.54 bits per heavy atom. The number of carbonyl (C=O) groups excluding carboxylic acids is 2. The molecule has 0 atom stereocenters. The van der Waals surface area contributed by atoms with Crippen molar-refractivity contribution in [3.8, 4) is 0 Å². The quantitative estimate of drug-likeness (QED) is 0.819. The monoisotopic (exact) mass is 385 g/mol. The van der Waals surface area contributed by atoms with Crippen LogP contribution in [0.3, 0.4) is 0 Å². The summed E-state index contributed by atoms with van der Waals surface area (Å²) in [7, 11) is 0. The second kappa shape index (κ2) is 8.82. The molecule has 0 aliphatic carbocycles. The minimum Gasteiger partial charge on any atom is -0.352 e. The lowest BCUT2D eigenvalue weighted by Crippen LogP contribution is -2.48. The van der Waals surface area contributed by atoms with Crippen molar-refractivity contribution in [2.24, 2.45) is 5.92 Å². The largest absolute Gasteiger partial charge is 0.352 e. The number of hydrogen-bond acceptors (Lipinski definition) is 3. The van der Waals surface area contributed by atoms with E-state index < -0.39 is 29.7 Å². The predicted octanol–water partition coefficient (Wildman–Crippen LogP) is 2.84. The maximum absolute atomic E-state index is 13.4. The van der Waals surface area contributed by atoms with E-state index >= 15 is 0 Å². The summed E-state index contributed by atoms with van der Waals surface area (Å²) in [4.78, 5) is 26.0. The lowest BCUT2D eigenvalue weighted by molar-refractivity contribution is -0.124. The highest BCUT2D eigenvalue weighted by molar-refractivity contribution is 6.31. The number of nitrogens with one attached hydrogen (secondary N) is 2. The van der Waals surface area contributed by atoms with Gasteiger partial charge in [-0.25, -0.2) is 4.39 Å². The highest BCUT2D eigenvalue weighted by Gasteiger charge is 2.23. The Kier molecular flexibility index (Phi) is 6.02. The maximum Gasteiger partial charge on any atom is 0.251 e. The van der Waals surface area contributed by atoms with Gasteiger partial charge in [-0.15, -0.1) is 0 Å². The van der Waals surface area contributed by atoms with Gasteiger partial charge in [0, 0.05) is 22.7 Å². The summed E-state index contributed by atoms with van der Waals surface area (Å²) >= 11 is 5.77. The summed E-state index contributed by atoms with van der Waals surface area (Å²) < 4.78 is 29.7. The molecule has 1 saturated heterocycles. The second-order valence-electron chi connectivity index (χ2n) is 7.61. The number of carbonyl (C=O) groups is 2. The lowest BCUT2D eigenvalue weighted by Gasteiger charge is -2.32. The molecule has 1 heterocycles. The van der Waals surface area contributed by atoms with Crippen LogP contribution >= 0.6 is 11.6 Å². The fourth-order valence-corrected chi connectivity index (χ4v) is 3.01. The van der Waals surface area contributed by atoms with Crippen LogP contribution in [0.5, 0.6) is 0 Å². The van der Waals surface area contributed by atoms with Crippen LogP contribution in [0, 0.1) is 11.7 Å². The Bertz CT molecular complexity index is 712. The number of likely N-dealkylation sites (tertiary alicyclic amines) is 1. The van der Waals surface area contributed by atoms with Crippen molar-refractivity contribution >= 4 is 23.4 Å². The van der Waals surface area contributed by atoms with Crippen molar-refractivity contribution in [2.45, 2.75) is 39.2 Å². The van der Waals surface area contributed by atoms with Crippen molar-refractivity contribution in [1.82, 2.24) is 15.5 Å². The van der Waals surface area contributed by atoms with Gasteiger partial charge in [0.15, 0.2) is 0 Å². The molecule has 7 heteroatoms. The molecule has 1 aromatic rings. The van der Waals surface area contributed by atoms with Crippen LogP contribution in [0.2, 0.25) is 5.02 Å². The van der Waals surface area contributed by atoms with Crippen molar-refractivity contribution in [3.63, 3.8) is 0 Å². The van der Waals surface area contributed by atoms with E-state index in [0.717, 1.165) is 12.1 Å². The number of nitrogens with zero attached hydrogens (tertiary/aromatic N) is 1. The molecule has 5 nitrogen and oxygen atoms in total. The van der Waals surface area contributed by atoms with Gasteiger partial charge >= 0.3 is 0 Å². The SMILES string of the molecule is [2H]C([2H])(C(=O)NC(C)(C)C)N1CCC(CNC(=O)c2cc(F)cc(Cl)c2)CC1. The molecule has 1 aliphatic heterocycles. The van der Waals surface area contributed by atoms with Gasteiger partial charge in [-0.05, 0) is 70.8 Å². The normalized spacial score (nSPS) is 18.0. The third kappa shape index (κ3) is 6.92. The van der Waals surface area contributed by atoms with Gasteiger partial charge in [-0.3, -0.25) is 14.5 Å². The summed E-state index contributed by atoms with van der Waals surface area (Å²) in [6.45, 7) is 4.57. The van der Waals surface area contributed by atoms with Gasteiger partial charge in [0.2, 0.25) is 5.91 Å². The molecular formula is C19H27ClFN3O2. The van der Waals surface area contributed by atoms with Gasteiger partial charge in [-0.2, -0.15) is 0 Å². The van der Waals surface area contributed by atoms with Crippen LogP contribution in [0.25, 0.3) is 0 Å². The van der Waals surface area contributed by atoms with Crippen LogP contribution in [-0.4, -0.2) is 48.4 Å². The third-order valence-corrected chi connectivity index (χ3v) is 4.26. The smallest absolute Gasteiger partial charge is 0.251 e. The lowest BCUT2D eigenvalue weighted by atomic mass is 9.96. The molecule has 0 radical (unpaired) electrons. The molecule has 0 unspecified atom stereocenters. The molecule has 26 heavy (non-hydrogen) atoms. The Morgan fingerprint density at radius 1 is 1.31 bits per heavy atom. The molecule has 0 spiro atoms. The van der Waals surface area contributed by atoms with E-state index in [1.54, 1.807) is 0 Å². The van der Waals surface area contributed by atoms with E-state index in [1.165, 1.54) is 11.0 Å². The summed E-state index contributed by atoms with van der Waals surface area (Å²) in [6, 6.07) is 3.68. The fraction of sp³-hybridized carbons (Fsp3) is 0.579. The summed E-state index contributed by atoms with van der Waals surface area (Å²) in [5.41, 5.74) is -0.343. The molecule has 0 bridgehead atoms. The zero-order chi connectivity index (χ0) is 21.1. The zero-order valence-corrected chi connectivity index (χ0v) is 16.1. The van der Waals surface area contributed by atoms with Crippen molar-refractivity contribution in [3.05, 3.63) is 34.6 Å². The van der Waals surface area contributed by atoms with Crippen LogP contribution in [0.1, 0.15) is 46.7 Å². The first-order chi connectivity index (χ1) is 12.9. The minimum absolute atomic E-state index is 0.158. The standard InChI is InChI=1S/C19H27ClFN3O2/c1-19(2,3)23-17(25)12-24-6-4-13(5-7-24)11-22-18(26)14-8-15(20)10-16(21)9-14/h8-10,13H,4-7,11-12H2,1-3H3,(H,22,26)(H,23,25)/i12D2. The number of hydrogen-bond donors (Lipinski definition) is 2.